The lowest BCUT2D eigenvalue weighted by atomic mass is 9.96. The summed E-state index contributed by atoms with van der Waals surface area (Å²) in [6.45, 7) is 6.03. The van der Waals surface area contributed by atoms with Crippen LogP contribution in [0.3, 0.4) is 0 Å². The first-order valence-corrected chi connectivity index (χ1v) is 8.77. The fourth-order valence-electron chi connectivity index (χ4n) is 2.55. The number of benzene rings is 1. The van der Waals surface area contributed by atoms with Gasteiger partial charge in [-0.05, 0) is 24.0 Å². The SMILES string of the molecule is Cc1sc(NC(=O)C=CC(=O)O)c(C(N)=O)c1-c1ccc(C(C)C)cc1. The summed E-state index contributed by atoms with van der Waals surface area (Å²) >= 11 is 1.22. The second kappa shape index (κ2) is 7.97. The van der Waals surface area contributed by atoms with Crippen LogP contribution in [0.2, 0.25) is 0 Å². The van der Waals surface area contributed by atoms with Gasteiger partial charge in [-0.15, -0.1) is 11.3 Å². The van der Waals surface area contributed by atoms with E-state index in [0.29, 0.717) is 16.5 Å². The highest BCUT2D eigenvalue weighted by Gasteiger charge is 2.22. The average Bonchev–Trinajstić information content (AvgIpc) is 2.89. The number of amides is 2. The van der Waals surface area contributed by atoms with E-state index < -0.39 is 17.8 Å². The summed E-state index contributed by atoms with van der Waals surface area (Å²) in [5.74, 6) is -2.14. The summed E-state index contributed by atoms with van der Waals surface area (Å²) in [6, 6.07) is 7.84. The van der Waals surface area contributed by atoms with Gasteiger partial charge in [0.25, 0.3) is 5.91 Å². The Morgan fingerprint density at radius 3 is 2.27 bits per heavy atom. The molecular weight excluding hydrogens is 352 g/mol. The lowest BCUT2D eigenvalue weighted by molar-refractivity contribution is -0.131. The fourth-order valence-corrected chi connectivity index (χ4v) is 3.64. The minimum absolute atomic E-state index is 0.224. The second-order valence-corrected chi connectivity index (χ2v) is 7.26. The van der Waals surface area contributed by atoms with Gasteiger partial charge in [-0.25, -0.2) is 4.79 Å². The highest BCUT2D eigenvalue weighted by atomic mass is 32.1. The van der Waals surface area contributed by atoms with E-state index in [-0.39, 0.29) is 5.56 Å². The van der Waals surface area contributed by atoms with Crippen LogP contribution in [0.25, 0.3) is 11.1 Å². The van der Waals surface area contributed by atoms with E-state index in [1.807, 2.05) is 31.2 Å². The standard InChI is InChI=1S/C19H20N2O4S/c1-10(2)12-4-6-13(7-5-12)16-11(3)26-19(17(16)18(20)25)21-14(22)8-9-15(23)24/h4-10H,1-3H3,(H2,20,25)(H,21,22)(H,23,24). The summed E-state index contributed by atoms with van der Waals surface area (Å²) in [4.78, 5) is 35.2. The van der Waals surface area contributed by atoms with E-state index in [1.54, 1.807) is 0 Å². The molecule has 2 rings (SSSR count). The third kappa shape index (κ3) is 4.37. The van der Waals surface area contributed by atoms with E-state index in [0.717, 1.165) is 22.6 Å². The number of nitrogens with one attached hydrogen (secondary N) is 1. The molecule has 0 spiro atoms. The summed E-state index contributed by atoms with van der Waals surface area (Å²) in [5, 5.41) is 11.4. The molecule has 7 heteroatoms. The second-order valence-electron chi connectivity index (χ2n) is 6.04. The molecule has 0 atom stereocenters. The number of carbonyl (C=O) groups excluding carboxylic acids is 2. The zero-order chi connectivity index (χ0) is 19.4. The lowest BCUT2D eigenvalue weighted by Gasteiger charge is -2.09. The van der Waals surface area contributed by atoms with Crippen LogP contribution in [-0.2, 0) is 9.59 Å². The highest BCUT2D eigenvalue weighted by Crippen LogP contribution is 2.40. The maximum absolute atomic E-state index is 12.0. The van der Waals surface area contributed by atoms with E-state index in [9.17, 15) is 14.4 Å². The Balaban J connectivity index is 2.45. The summed E-state index contributed by atoms with van der Waals surface area (Å²) in [7, 11) is 0. The number of anilines is 1. The van der Waals surface area contributed by atoms with Crippen LogP contribution in [0.4, 0.5) is 5.00 Å². The van der Waals surface area contributed by atoms with Gasteiger partial charge in [-0.2, -0.15) is 0 Å². The molecule has 0 unspecified atom stereocenters. The molecule has 0 bridgehead atoms. The van der Waals surface area contributed by atoms with Crippen molar-refractivity contribution in [2.24, 2.45) is 5.73 Å². The molecule has 0 radical (unpaired) electrons. The predicted molar refractivity (Wildman–Crippen MR) is 103 cm³/mol. The molecule has 26 heavy (non-hydrogen) atoms. The molecule has 0 saturated carbocycles. The first-order chi connectivity index (χ1) is 12.2. The quantitative estimate of drug-likeness (QED) is 0.674. The van der Waals surface area contributed by atoms with Crippen molar-refractivity contribution in [3.8, 4) is 11.1 Å². The molecule has 0 aliphatic carbocycles. The lowest BCUT2D eigenvalue weighted by Crippen LogP contribution is -2.16. The van der Waals surface area contributed by atoms with Crippen LogP contribution in [0.5, 0.6) is 0 Å². The number of aliphatic carboxylic acids is 1. The van der Waals surface area contributed by atoms with E-state index in [2.05, 4.69) is 19.2 Å². The third-order valence-electron chi connectivity index (χ3n) is 3.81. The van der Waals surface area contributed by atoms with Crippen LogP contribution in [0.1, 0.15) is 40.6 Å². The van der Waals surface area contributed by atoms with Gasteiger partial charge < -0.3 is 16.2 Å². The van der Waals surface area contributed by atoms with Crippen LogP contribution < -0.4 is 11.1 Å². The number of hydrogen-bond donors (Lipinski definition) is 3. The zero-order valence-corrected chi connectivity index (χ0v) is 15.5. The summed E-state index contributed by atoms with van der Waals surface area (Å²) < 4.78 is 0. The van der Waals surface area contributed by atoms with Gasteiger partial charge in [-0.1, -0.05) is 38.1 Å². The number of carboxylic acid groups (broad SMARTS) is 1. The highest BCUT2D eigenvalue weighted by molar-refractivity contribution is 7.17. The van der Waals surface area contributed by atoms with Crippen molar-refractivity contribution in [3.63, 3.8) is 0 Å². The Kier molecular flexibility index (Phi) is 5.94. The third-order valence-corrected chi connectivity index (χ3v) is 4.83. The molecule has 0 aliphatic heterocycles. The number of hydrogen-bond acceptors (Lipinski definition) is 4. The van der Waals surface area contributed by atoms with Crippen molar-refractivity contribution in [2.45, 2.75) is 26.7 Å². The zero-order valence-electron chi connectivity index (χ0n) is 14.7. The van der Waals surface area contributed by atoms with Crippen molar-refractivity contribution in [2.75, 3.05) is 5.32 Å². The molecule has 0 aliphatic rings. The van der Waals surface area contributed by atoms with Crippen molar-refractivity contribution in [1.29, 1.82) is 0 Å². The van der Waals surface area contributed by atoms with Crippen LogP contribution in [0, 0.1) is 6.92 Å². The van der Waals surface area contributed by atoms with Gasteiger partial charge in [-0.3, -0.25) is 9.59 Å². The number of carboxylic acids is 1. The minimum Gasteiger partial charge on any atom is -0.478 e. The Labute approximate surface area is 155 Å². The minimum atomic E-state index is -1.23. The van der Waals surface area contributed by atoms with Crippen LogP contribution in [-0.4, -0.2) is 22.9 Å². The first-order valence-electron chi connectivity index (χ1n) is 7.96. The number of rotatable bonds is 6. The van der Waals surface area contributed by atoms with Gasteiger partial charge in [0.15, 0.2) is 0 Å². The van der Waals surface area contributed by atoms with Gasteiger partial charge in [0.2, 0.25) is 5.91 Å². The van der Waals surface area contributed by atoms with Gasteiger partial charge >= 0.3 is 5.97 Å². The molecule has 6 nitrogen and oxygen atoms in total. The molecule has 1 heterocycles. The Bertz CT molecular complexity index is 880. The molecule has 1 aromatic heterocycles. The van der Waals surface area contributed by atoms with Gasteiger partial charge in [0.1, 0.15) is 5.00 Å². The van der Waals surface area contributed by atoms with Crippen LogP contribution >= 0.6 is 11.3 Å². The molecular formula is C19H20N2O4S. The molecule has 2 amide bonds. The monoisotopic (exact) mass is 372 g/mol. The van der Waals surface area contributed by atoms with E-state index in [1.165, 1.54) is 16.9 Å². The van der Waals surface area contributed by atoms with Crippen molar-refractivity contribution in [3.05, 3.63) is 52.4 Å². The molecule has 1 aromatic carbocycles. The predicted octanol–water partition coefficient (Wildman–Crippen LogP) is 3.53. The number of thiophene rings is 1. The number of nitrogens with two attached hydrogens (primary N) is 1. The number of primary amides is 1. The smallest absolute Gasteiger partial charge is 0.328 e. The number of carbonyl (C=O) groups is 3. The molecule has 0 fully saturated rings. The maximum Gasteiger partial charge on any atom is 0.328 e. The Morgan fingerprint density at radius 1 is 1.15 bits per heavy atom. The normalized spacial score (nSPS) is 11.1. The molecule has 2 aromatic rings. The summed E-state index contributed by atoms with van der Waals surface area (Å²) in [6.07, 6.45) is 1.62. The van der Waals surface area contributed by atoms with Crippen molar-refractivity contribution < 1.29 is 19.5 Å². The average molecular weight is 372 g/mol. The topological polar surface area (TPSA) is 109 Å². The van der Waals surface area contributed by atoms with E-state index in [4.69, 9.17) is 10.8 Å². The molecule has 0 saturated heterocycles. The Hall–Kier alpha value is -2.93. The van der Waals surface area contributed by atoms with Crippen molar-refractivity contribution >= 4 is 34.1 Å². The van der Waals surface area contributed by atoms with Gasteiger partial charge in [0, 0.05) is 22.6 Å². The maximum atomic E-state index is 12.0. The van der Waals surface area contributed by atoms with Crippen LogP contribution in [0.15, 0.2) is 36.4 Å². The van der Waals surface area contributed by atoms with Gasteiger partial charge in [0.05, 0.1) is 5.56 Å². The van der Waals surface area contributed by atoms with Crippen molar-refractivity contribution in [1.82, 2.24) is 0 Å². The largest absolute Gasteiger partial charge is 0.478 e. The molecule has 4 N–H and O–H groups in total. The summed E-state index contributed by atoms with van der Waals surface area (Å²) in [5.41, 5.74) is 8.45. The fraction of sp³-hybridized carbons (Fsp3) is 0.211. The first kappa shape index (κ1) is 19.4. The number of aryl methyl sites for hydroxylation is 1. The molecule has 136 valence electrons. The van der Waals surface area contributed by atoms with E-state index >= 15 is 0 Å². The Morgan fingerprint density at radius 2 is 1.77 bits per heavy atom.